The van der Waals surface area contributed by atoms with Crippen molar-refractivity contribution in [1.29, 1.82) is 0 Å². The van der Waals surface area contributed by atoms with E-state index in [9.17, 15) is 9.59 Å². The van der Waals surface area contributed by atoms with Gasteiger partial charge in [-0.2, -0.15) is 0 Å². The standard InChI is InChI=1S/C18H18N2O3/c1-10-4-5-11(2)14(8-10)18(22)19-13-6-7-16-15(9-13)20-17(21)12(3)23-16/h4-9,12H,1-3H3,(H,19,22)(H,20,21)/t12-/m1/s1. The molecule has 0 radical (unpaired) electrons. The molecule has 2 aromatic rings. The van der Waals surface area contributed by atoms with Gasteiger partial charge in [-0.1, -0.05) is 17.7 Å². The maximum absolute atomic E-state index is 12.4. The molecule has 5 nitrogen and oxygen atoms in total. The minimum atomic E-state index is -0.516. The molecule has 1 aliphatic heterocycles. The summed E-state index contributed by atoms with van der Waals surface area (Å²) in [6.07, 6.45) is -0.516. The first-order chi connectivity index (χ1) is 10.9. The quantitative estimate of drug-likeness (QED) is 0.894. The molecule has 2 N–H and O–H groups in total. The maximum atomic E-state index is 12.4. The number of rotatable bonds is 2. The fraction of sp³-hybridized carbons (Fsp3) is 0.222. The largest absolute Gasteiger partial charge is 0.479 e. The Kier molecular flexibility index (Phi) is 3.78. The van der Waals surface area contributed by atoms with Crippen LogP contribution in [-0.4, -0.2) is 17.9 Å². The number of ether oxygens (including phenoxy) is 1. The highest BCUT2D eigenvalue weighted by atomic mass is 16.5. The number of nitrogens with one attached hydrogen (secondary N) is 2. The lowest BCUT2D eigenvalue weighted by Gasteiger charge is -2.23. The van der Waals surface area contributed by atoms with Gasteiger partial charge >= 0.3 is 0 Å². The van der Waals surface area contributed by atoms with Crippen molar-refractivity contribution in [3.63, 3.8) is 0 Å². The summed E-state index contributed by atoms with van der Waals surface area (Å²) in [6, 6.07) is 10.9. The molecule has 0 fully saturated rings. The van der Waals surface area contributed by atoms with E-state index in [4.69, 9.17) is 4.74 Å². The zero-order valence-electron chi connectivity index (χ0n) is 13.3. The second-order valence-corrected chi connectivity index (χ2v) is 5.73. The molecule has 23 heavy (non-hydrogen) atoms. The van der Waals surface area contributed by atoms with Gasteiger partial charge in [-0.25, -0.2) is 0 Å². The van der Waals surface area contributed by atoms with Crippen LogP contribution in [0.4, 0.5) is 11.4 Å². The van der Waals surface area contributed by atoms with E-state index < -0.39 is 6.10 Å². The van der Waals surface area contributed by atoms with Gasteiger partial charge in [0.05, 0.1) is 5.69 Å². The summed E-state index contributed by atoms with van der Waals surface area (Å²) in [4.78, 5) is 24.1. The molecule has 1 heterocycles. The lowest BCUT2D eigenvalue weighted by molar-refractivity contribution is -0.122. The number of benzene rings is 2. The van der Waals surface area contributed by atoms with Crippen LogP contribution in [0, 0.1) is 13.8 Å². The number of anilines is 2. The molecule has 0 aliphatic carbocycles. The molecule has 0 unspecified atom stereocenters. The van der Waals surface area contributed by atoms with E-state index in [1.807, 2.05) is 32.0 Å². The van der Waals surface area contributed by atoms with Crippen LogP contribution >= 0.6 is 0 Å². The molecule has 3 rings (SSSR count). The van der Waals surface area contributed by atoms with E-state index >= 15 is 0 Å². The molecular formula is C18H18N2O3. The second-order valence-electron chi connectivity index (χ2n) is 5.73. The van der Waals surface area contributed by atoms with Crippen molar-refractivity contribution < 1.29 is 14.3 Å². The predicted molar refractivity (Wildman–Crippen MR) is 89.0 cm³/mol. The highest BCUT2D eigenvalue weighted by Gasteiger charge is 2.23. The zero-order chi connectivity index (χ0) is 16.6. The minimum Gasteiger partial charge on any atom is -0.479 e. The van der Waals surface area contributed by atoms with Crippen molar-refractivity contribution in [3.8, 4) is 5.75 Å². The van der Waals surface area contributed by atoms with E-state index in [0.717, 1.165) is 11.1 Å². The van der Waals surface area contributed by atoms with Crippen molar-refractivity contribution in [2.24, 2.45) is 0 Å². The van der Waals surface area contributed by atoms with E-state index in [1.54, 1.807) is 25.1 Å². The Morgan fingerprint density at radius 3 is 2.74 bits per heavy atom. The van der Waals surface area contributed by atoms with Crippen LogP contribution in [0.15, 0.2) is 36.4 Å². The van der Waals surface area contributed by atoms with Gasteiger partial charge in [0, 0.05) is 11.3 Å². The highest BCUT2D eigenvalue weighted by Crippen LogP contribution is 2.32. The summed E-state index contributed by atoms with van der Waals surface area (Å²) in [5, 5.41) is 5.62. The van der Waals surface area contributed by atoms with Crippen molar-refractivity contribution in [3.05, 3.63) is 53.1 Å². The minimum absolute atomic E-state index is 0.178. The number of carbonyl (C=O) groups excluding carboxylic acids is 2. The number of aryl methyl sites for hydroxylation is 2. The average molecular weight is 310 g/mol. The maximum Gasteiger partial charge on any atom is 0.265 e. The van der Waals surface area contributed by atoms with E-state index in [1.165, 1.54) is 0 Å². The molecule has 2 aromatic carbocycles. The fourth-order valence-electron chi connectivity index (χ4n) is 2.47. The molecule has 0 bridgehead atoms. The molecule has 1 atom stereocenters. The van der Waals surface area contributed by atoms with Crippen LogP contribution in [0.25, 0.3) is 0 Å². The van der Waals surface area contributed by atoms with Crippen molar-refractivity contribution in [2.45, 2.75) is 26.9 Å². The topological polar surface area (TPSA) is 67.4 Å². The number of hydrogen-bond acceptors (Lipinski definition) is 3. The number of amides is 2. The van der Waals surface area contributed by atoms with Crippen molar-refractivity contribution in [1.82, 2.24) is 0 Å². The molecule has 5 heteroatoms. The normalized spacial score (nSPS) is 16.1. The molecule has 0 saturated carbocycles. The SMILES string of the molecule is Cc1ccc(C)c(C(=O)Nc2ccc3c(c2)NC(=O)[C@@H](C)O3)c1. The number of hydrogen-bond donors (Lipinski definition) is 2. The predicted octanol–water partition coefficient (Wildman–Crippen LogP) is 3.28. The van der Waals surface area contributed by atoms with E-state index in [2.05, 4.69) is 10.6 Å². The van der Waals surface area contributed by atoms with E-state index in [-0.39, 0.29) is 11.8 Å². The molecule has 0 saturated heterocycles. The Morgan fingerprint density at radius 1 is 1.17 bits per heavy atom. The van der Waals surface area contributed by atoms with Gasteiger partial charge in [-0.15, -0.1) is 0 Å². The zero-order valence-corrected chi connectivity index (χ0v) is 13.3. The number of fused-ring (bicyclic) bond motifs is 1. The summed E-state index contributed by atoms with van der Waals surface area (Å²) >= 11 is 0. The van der Waals surface area contributed by atoms with Crippen LogP contribution in [0.2, 0.25) is 0 Å². The Balaban J connectivity index is 1.84. The molecule has 0 spiro atoms. The van der Waals surface area contributed by atoms with Gasteiger partial charge in [0.25, 0.3) is 11.8 Å². The fourth-order valence-corrected chi connectivity index (χ4v) is 2.47. The summed E-state index contributed by atoms with van der Waals surface area (Å²) in [5.41, 5.74) is 3.74. The van der Waals surface area contributed by atoms with Crippen LogP contribution in [-0.2, 0) is 4.79 Å². The summed E-state index contributed by atoms with van der Waals surface area (Å²) in [7, 11) is 0. The lowest BCUT2D eigenvalue weighted by Crippen LogP contribution is -2.34. The van der Waals surface area contributed by atoms with Gasteiger partial charge in [0.2, 0.25) is 0 Å². The van der Waals surface area contributed by atoms with Gasteiger partial charge < -0.3 is 15.4 Å². The molecular weight excluding hydrogens is 292 g/mol. The number of carbonyl (C=O) groups is 2. The van der Waals surface area contributed by atoms with Crippen LogP contribution in [0.5, 0.6) is 5.75 Å². The monoisotopic (exact) mass is 310 g/mol. The Bertz CT molecular complexity index is 799. The molecule has 2 amide bonds. The van der Waals surface area contributed by atoms with E-state index in [0.29, 0.717) is 22.7 Å². The Labute approximate surface area is 134 Å². The summed E-state index contributed by atoms with van der Waals surface area (Å²) < 4.78 is 5.50. The third-order valence-corrected chi connectivity index (χ3v) is 3.81. The van der Waals surface area contributed by atoms with Crippen LogP contribution in [0.3, 0.4) is 0 Å². The highest BCUT2D eigenvalue weighted by molar-refractivity contribution is 6.06. The van der Waals surface area contributed by atoms with Gasteiger partial charge in [-0.3, -0.25) is 9.59 Å². The van der Waals surface area contributed by atoms with Gasteiger partial charge in [-0.05, 0) is 50.6 Å². The van der Waals surface area contributed by atoms with Gasteiger partial charge in [0.1, 0.15) is 5.75 Å². The van der Waals surface area contributed by atoms with Gasteiger partial charge in [0.15, 0.2) is 6.10 Å². The first kappa shape index (κ1) is 15.1. The lowest BCUT2D eigenvalue weighted by atomic mass is 10.0. The van der Waals surface area contributed by atoms with Crippen molar-refractivity contribution in [2.75, 3.05) is 10.6 Å². The molecule has 118 valence electrons. The average Bonchev–Trinajstić information content (AvgIpc) is 2.51. The third-order valence-electron chi connectivity index (χ3n) is 3.81. The Hall–Kier alpha value is -2.82. The first-order valence-corrected chi connectivity index (χ1v) is 7.44. The first-order valence-electron chi connectivity index (χ1n) is 7.44. The Morgan fingerprint density at radius 2 is 1.96 bits per heavy atom. The van der Waals surface area contributed by atoms with Crippen LogP contribution in [0.1, 0.15) is 28.4 Å². The third kappa shape index (κ3) is 3.04. The molecule has 0 aromatic heterocycles. The van der Waals surface area contributed by atoms with Crippen LogP contribution < -0.4 is 15.4 Å². The van der Waals surface area contributed by atoms with Crippen molar-refractivity contribution >= 4 is 23.2 Å². The molecule has 1 aliphatic rings. The smallest absolute Gasteiger partial charge is 0.265 e. The summed E-state index contributed by atoms with van der Waals surface area (Å²) in [5.74, 6) is 0.222. The second kappa shape index (κ2) is 5.76. The summed E-state index contributed by atoms with van der Waals surface area (Å²) in [6.45, 7) is 5.54.